The number of phenolic OH excluding ortho intramolecular Hbond substituents is 1. The van der Waals surface area contributed by atoms with Gasteiger partial charge in [0.2, 0.25) is 0 Å². The first-order chi connectivity index (χ1) is 10.9. The lowest BCUT2D eigenvalue weighted by Crippen LogP contribution is -2.38. The van der Waals surface area contributed by atoms with E-state index < -0.39 is 11.2 Å². The van der Waals surface area contributed by atoms with Crippen LogP contribution in [0.3, 0.4) is 0 Å². The predicted octanol–water partition coefficient (Wildman–Crippen LogP) is 1.45. The molecule has 0 fully saturated rings. The van der Waals surface area contributed by atoms with Crippen molar-refractivity contribution in [3.63, 3.8) is 0 Å². The summed E-state index contributed by atoms with van der Waals surface area (Å²) in [6, 6.07) is 6.71. The highest BCUT2D eigenvalue weighted by Crippen LogP contribution is 2.27. The number of hydrogen-bond donors (Lipinski definition) is 2. The Morgan fingerprint density at radius 2 is 1.96 bits per heavy atom. The van der Waals surface area contributed by atoms with E-state index >= 15 is 0 Å². The van der Waals surface area contributed by atoms with Gasteiger partial charge in [0, 0.05) is 13.6 Å². The van der Waals surface area contributed by atoms with Crippen LogP contribution in [-0.2, 0) is 13.6 Å². The van der Waals surface area contributed by atoms with E-state index in [0.717, 1.165) is 4.57 Å². The summed E-state index contributed by atoms with van der Waals surface area (Å²) in [6.45, 7) is 4.43. The van der Waals surface area contributed by atoms with Crippen LogP contribution in [0.1, 0.15) is 13.8 Å². The Hall–Kier alpha value is -2.83. The van der Waals surface area contributed by atoms with Gasteiger partial charge in [-0.3, -0.25) is 13.9 Å². The molecule has 0 amide bonds. The molecule has 0 aliphatic heterocycles. The van der Waals surface area contributed by atoms with E-state index in [1.165, 1.54) is 11.6 Å². The maximum absolute atomic E-state index is 12.4. The van der Waals surface area contributed by atoms with Crippen molar-refractivity contribution < 1.29 is 5.11 Å². The van der Waals surface area contributed by atoms with E-state index in [0.29, 0.717) is 23.6 Å². The predicted molar refractivity (Wildman–Crippen MR) is 87.5 cm³/mol. The fourth-order valence-corrected chi connectivity index (χ4v) is 2.57. The van der Waals surface area contributed by atoms with Crippen LogP contribution in [0.4, 0.5) is 0 Å². The van der Waals surface area contributed by atoms with Crippen LogP contribution in [0.5, 0.6) is 5.75 Å². The molecule has 7 heteroatoms. The number of para-hydroxylation sites is 1. The third kappa shape index (κ3) is 2.44. The Morgan fingerprint density at radius 3 is 2.61 bits per heavy atom. The van der Waals surface area contributed by atoms with E-state index in [4.69, 9.17) is 0 Å². The molecule has 2 aromatic heterocycles. The molecular weight excluding hydrogens is 296 g/mol. The molecule has 23 heavy (non-hydrogen) atoms. The molecule has 0 atom stereocenters. The lowest BCUT2D eigenvalue weighted by Gasteiger charge is -2.10. The Kier molecular flexibility index (Phi) is 3.55. The Balaban J connectivity index is 2.35. The van der Waals surface area contributed by atoms with Gasteiger partial charge in [-0.1, -0.05) is 26.0 Å². The molecule has 0 saturated carbocycles. The molecule has 0 aliphatic carbocycles. The summed E-state index contributed by atoms with van der Waals surface area (Å²) in [5.74, 6) is 0.637. The van der Waals surface area contributed by atoms with Crippen molar-refractivity contribution in [2.24, 2.45) is 13.0 Å². The summed E-state index contributed by atoms with van der Waals surface area (Å²) in [5.41, 5.74) is 0.219. The quantitative estimate of drug-likeness (QED) is 0.765. The summed E-state index contributed by atoms with van der Waals surface area (Å²) in [4.78, 5) is 32.0. The Morgan fingerprint density at radius 1 is 1.26 bits per heavy atom. The molecule has 3 rings (SSSR count). The van der Waals surface area contributed by atoms with Gasteiger partial charge in [0.1, 0.15) is 17.1 Å². The summed E-state index contributed by atoms with van der Waals surface area (Å²) in [6.07, 6.45) is 0. The fourth-order valence-electron chi connectivity index (χ4n) is 2.57. The lowest BCUT2D eigenvalue weighted by molar-refractivity contribution is 0.477. The number of aromatic amines is 1. The molecule has 0 spiro atoms. The van der Waals surface area contributed by atoms with Crippen molar-refractivity contribution in [2.45, 2.75) is 20.4 Å². The highest BCUT2D eigenvalue weighted by molar-refractivity contribution is 5.77. The fraction of sp³-hybridized carbons (Fsp3) is 0.312. The van der Waals surface area contributed by atoms with Gasteiger partial charge in [0.25, 0.3) is 5.56 Å². The normalized spacial score (nSPS) is 11.5. The minimum Gasteiger partial charge on any atom is -0.507 e. The number of imidazole rings is 1. The SMILES string of the molecule is CC(C)Cn1c(=O)n(C)c(=O)c2[nH]c(-c3ccccc3O)nc21. The highest BCUT2D eigenvalue weighted by Gasteiger charge is 2.18. The first kappa shape index (κ1) is 15.1. The van der Waals surface area contributed by atoms with Crippen LogP contribution in [0.2, 0.25) is 0 Å². The van der Waals surface area contributed by atoms with Gasteiger partial charge >= 0.3 is 5.69 Å². The third-order valence-electron chi connectivity index (χ3n) is 3.68. The number of aromatic nitrogens is 4. The molecule has 1 aromatic carbocycles. The van der Waals surface area contributed by atoms with Crippen LogP contribution in [-0.4, -0.2) is 24.2 Å². The highest BCUT2D eigenvalue weighted by atomic mass is 16.3. The van der Waals surface area contributed by atoms with Crippen molar-refractivity contribution >= 4 is 11.2 Å². The standard InChI is InChI=1S/C16H18N4O3/c1-9(2)8-20-14-12(15(22)19(3)16(20)23)17-13(18-14)10-6-4-5-7-11(10)21/h4-7,9,21H,8H2,1-3H3,(H,17,18). The molecule has 3 aromatic rings. The largest absolute Gasteiger partial charge is 0.507 e. The maximum Gasteiger partial charge on any atom is 0.332 e. The molecule has 120 valence electrons. The zero-order chi connectivity index (χ0) is 16.7. The summed E-state index contributed by atoms with van der Waals surface area (Å²) in [5, 5.41) is 9.97. The Bertz CT molecular complexity index is 995. The molecular formula is C16H18N4O3. The molecule has 0 saturated heterocycles. The third-order valence-corrected chi connectivity index (χ3v) is 3.68. The van der Waals surface area contributed by atoms with Crippen LogP contribution >= 0.6 is 0 Å². The van der Waals surface area contributed by atoms with Gasteiger partial charge in [0.05, 0.1) is 5.56 Å². The van der Waals surface area contributed by atoms with Crippen molar-refractivity contribution in [2.75, 3.05) is 0 Å². The number of nitrogens with zero attached hydrogens (tertiary/aromatic N) is 3. The van der Waals surface area contributed by atoms with Gasteiger partial charge in [0.15, 0.2) is 5.65 Å². The first-order valence-corrected chi connectivity index (χ1v) is 7.38. The van der Waals surface area contributed by atoms with Gasteiger partial charge < -0.3 is 10.1 Å². The van der Waals surface area contributed by atoms with Crippen molar-refractivity contribution in [1.29, 1.82) is 0 Å². The number of phenols is 1. The number of H-pyrrole nitrogens is 1. The number of benzene rings is 1. The second kappa shape index (κ2) is 5.42. The average molecular weight is 314 g/mol. The topological polar surface area (TPSA) is 92.9 Å². The zero-order valence-corrected chi connectivity index (χ0v) is 13.2. The lowest BCUT2D eigenvalue weighted by atomic mass is 10.2. The average Bonchev–Trinajstić information content (AvgIpc) is 2.94. The molecule has 0 aliphatic rings. The molecule has 0 bridgehead atoms. The number of nitrogens with one attached hydrogen (secondary N) is 1. The monoisotopic (exact) mass is 314 g/mol. The van der Waals surface area contributed by atoms with Gasteiger partial charge in [-0.15, -0.1) is 0 Å². The summed E-state index contributed by atoms with van der Waals surface area (Å²) < 4.78 is 2.55. The molecule has 0 unspecified atom stereocenters. The minimum absolute atomic E-state index is 0.0566. The zero-order valence-electron chi connectivity index (χ0n) is 13.2. The van der Waals surface area contributed by atoms with Crippen molar-refractivity contribution in [3.05, 3.63) is 45.1 Å². The maximum atomic E-state index is 12.4. The summed E-state index contributed by atoms with van der Waals surface area (Å²) >= 11 is 0. The Labute approximate surface area is 131 Å². The second-order valence-corrected chi connectivity index (χ2v) is 5.95. The van der Waals surface area contributed by atoms with E-state index in [1.807, 2.05) is 13.8 Å². The van der Waals surface area contributed by atoms with Gasteiger partial charge in [-0.2, -0.15) is 0 Å². The van der Waals surface area contributed by atoms with Crippen LogP contribution in [0.25, 0.3) is 22.6 Å². The number of hydrogen-bond acceptors (Lipinski definition) is 4. The van der Waals surface area contributed by atoms with Gasteiger partial charge in [-0.05, 0) is 18.1 Å². The molecule has 2 heterocycles. The minimum atomic E-state index is -0.431. The summed E-state index contributed by atoms with van der Waals surface area (Å²) in [7, 11) is 1.45. The van der Waals surface area contributed by atoms with E-state index in [9.17, 15) is 14.7 Å². The smallest absolute Gasteiger partial charge is 0.332 e. The van der Waals surface area contributed by atoms with Gasteiger partial charge in [-0.25, -0.2) is 9.78 Å². The number of rotatable bonds is 3. The van der Waals surface area contributed by atoms with E-state index in [1.54, 1.807) is 24.3 Å². The number of fused-ring (bicyclic) bond motifs is 1. The van der Waals surface area contributed by atoms with E-state index in [-0.39, 0.29) is 17.2 Å². The van der Waals surface area contributed by atoms with Crippen LogP contribution in [0, 0.1) is 5.92 Å². The van der Waals surface area contributed by atoms with Crippen LogP contribution in [0.15, 0.2) is 33.9 Å². The first-order valence-electron chi connectivity index (χ1n) is 7.38. The van der Waals surface area contributed by atoms with E-state index in [2.05, 4.69) is 9.97 Å². The second-order valence-electron chi connectivity index (χ2n) is 5.95. The van der Waals surface area contributed by atoms with Crippen molar-refractivity contribution in [1.82, 2.24) is 19.1 Å². The molecule has 7 nitrogen and oxygen atoms in total. The number of aromatic hydroxyl groups is 1. The molecule has 0 radical (unpaired) electrons. The van der Waals surface area contributed by atoms with Crippen LogP contribution < -0.4 is 11.2 Å². The molecule has 2 N–H and O–H groups in total. The van der Waals surface area contributed by atoms with Crippen molar-refractivity contribution in [3.8, 4) is 17.1 Å².